The highest BCUT2D eigenvalue weighted by Gasteiger charge is 2.30. The van der Waals surface area contributed by atoms with Gasteiger partial charge in [0.2, 0.25) is 17.8 Å². The third kappa shape index (κ3) is 5.47. The van der Waals surface area contributed by atoms with E-state index < -0.39 is 23.1 Å². The summed E-state index contributed by atoms with van der Waals surface area (Å²) in [5.41, 5.74) is 0.378. The van der Waals surface area contributed by atoms with Crippen molar-refractivity contribution in [2.45, 2.75) is 51.6 Å². The quantitative estimate of drug-likeness (QED) is 0.380. The van der Waals surface area contributed by atoms with Gasteiger partial charge in [0.1, 0.15) is 17.0 Å². The summed E-state index contributed by atoms with van der Waals surface area (Å²) in [6, 6.07) is 1.12. The van der Waals surface area contributed by atoms with Crippen LogP contribution in [0.5, 0.6) is 0 Å². The summed E-state index contributed by atoms with van der Waals surface area (Å²) in [6.07, 6.45) is 3.90. The van der Waals surface area contributed by atoms with Crippen LogP contribution in [0.25, 0.3) is 11.2 Å². The lowest BCUT2D eigenvalue weighted by Gasteiger charge is -2.30. The van der Waals surface area contributed by atoms with Crippen molar-refractivity contribution >= 4 is 34.7 Å². The molecular weight excluding hydrogens is 463 g/mol. The molecule has 9 nitrogen and oxygen atoms in total. The van der Waals surface area contributed by atoms with Crippen LogP contribution in [-0.4, -0.2) is 49.7 Å². The van der Waals surface area contributed by atoms with Crippen LogP contribution in [0.2, 0.25) is 0 Å². The standard InChI is InChI=1S/C23H28F3N7O2/c1-12(2)29-22-28-11-18-20(32-22)33(15-5-3-13(4-6-15)21(35)27-7-8-34)23(30-18)31-19-16(25)9-14(24)10-17(19)26/h9-13,15,34H,3-8H2,1-2H3,(H,27,35)(H,30,31)(H,28,29,32). The average molecular weight is 492 g/mol. The maximum atomic E-state index is 14.4. The van der Waals surface area contributed by atoms with Crippen molar-refractivity contribution in [3.8, 4) is 0 Å². The minimum Gasteiger partial charge on any atom is -0.395 e. The number of halogens is 3. The van der Waals surface area contributed by atoms with Crippen LogP contribution in [0.15, 0.2) is 18.3 Å². The molecule has 0 aliphatic heterocycles. The Bertz CT molecular complexity index is 1190. The average Bonchev–Trinajstić information content (AvgIpc) is 3.16. The number of nitrogens with zero attached hydrogens (tertiary/aromatic N) is 4. The Morgan fingerprint density at radius 2 is 1.83 bits per heavy atom. The molecule has 0 saturated heterocycles. The molecule has 0 bridgehead atoms. The number of aliphatic hydroxyl groups is 1. The molecule has 35 heavy (non-hydrogen) atoms. The van der Waals surface area contributed by atoms with Crippen LogP contribution < -0.4 is 16.0 Å². The first-order chi connectivity index (χ1) is 16.8. The van der Waals surface area contributed by atoms with Crippen molar-refractivity contribution in [3.63, 3.8) is 0 Å². The fourth-order valence-electron chi connectivity index (χ4n) is 4.35. The summed E-state index contributed by atoms with van der Waals surface area (Å²) in [5, 5.41) is 17.5. The van der Waals surface area contributed by atoms with Crippen LogP contribution in [0.3, 0.4) is 0 Å². The second-order valence-corrected chi connectivity index (χ2v) is 8.90. The normalized spacial score (nSPS) is 18.1. The third-order valence-corrected chi connectivity index (χ3v) is 5.94. The molecule has 0 spiro atoms. The Morgan fingerprint density at radius 3 is 2.46 bits per heavy atom. The summed E-state index contributed by atoms with van der Waals surface area (Å²) in [6.45, 7) is 3.97. The van der Waals surface area contributed by atoms with Crippen molar-refractivity contribution in [1.82, 2.24) is 24.8 Å². The highest BCUT2D eigenvalue weighted by Crippen LogP contribution is 2.37. The van der Waals surface area contributed by atoms with E-state index in [4.69, 9.17) is 5.11 Å². The second kappa shape index (κ2) is 10.5. The molecule has 2 heterocycles. The number of carbonyl (C=O) groups is 1. The van der Waals surface area contributed by atoms with Gasteiger partial charge >= 0.3 is 0 Å². The van der Waals surface area contributed by atoms with Crippen LogP contribution in [-0.2, 0) is 4.79 Å². The van der Waals surface area contributed by atoms with Gasteiger partial charge in [-0.1, -0.05) is 0 Å². The van der Waals surface area contributed by atoms with Crippen molar-refractivity contribution in [2.24, 2.45) is 5.92 Å². The number of fused-ring (bicyclic) bond motifs is 1. The first-order valence-electron chi connectivity index (χ1n) is 11.6. The highest BCUT2D eigenvalue weighted by atomic mass is 19.1. The number of aliphatic hydroxyl groups excluding tert-OH is 1. The summed E-state index contributed by atoms with van der Waals surface area (Å²) in [4.78, 5) is 25.6. The van der Waals surface area contributed by atoms with Gasteiger partial charge in [0.05, 0.1) is 12.8 Å². The number of anilines is 3. The molecule has 1 aliphatic carbocycles. The molecule has 1 aliphatic rings. The monoisotopic (exact) mass is 491 g/mol. The van der Waals surface area contributed by atoms with Crippen molar-refractivity contribution in [2.75, 3.05) is 23.8 Å². The smallest absolute Gasteiger partial charge is 0.224 e. The van der Waals surface area contributed by atoms with E-state index in [0.29, 0.717) is 54.9 Å². The molecule has 12 heteroatoms. The molecule has 1 saturated carbocycles. The fraction of sp³-hybridized carbons (Fsp3) is 0.478. The van der Waals surface area contributed by atoms with E-state index in [9.17, 15) is 18.0 Å². The van der Waals surface area contributed by atoms with E-state index >= 15 is 0 Å². The van der Waals surface area contributed by atoms with Crippen molar-refractivity contribution in [3.05, 3.63) is 35.8 Å². The van der Waals surface area contributed by atoms with Gasteiger partial charge in [0.15, 0.2) is 17.3 Å². The van der Waals surface area contributed by atoms with Gasteiger partial charge < -0.3 is 21.1 Å². The predicted octanol–water partition coefficient (Wildman–Crippen LogP) is 3.65. The minimum absolute atomic E-state index is 0.0803. The largest absolute Gasteiger partial charge is 0.395 e. The number of imidazole rings is 1. The number of hydrogen-bond donors (Lipinski definition) is 4. The molecule has 0 unspecified atom stereocenters. The van der Waals surface area contributed by atoms with E-state index in [1.807, 2.05) is 13.8 Å². The molecule has 0 radical (unpaired) electrons. The topological polar surface area (TPSA) is 117 Å². The van der Waals surface area contributed by atoms with Gasteiger partial charge in [-0.25, -0.2) is 23.1 Å². The van der Waals surface area contributed by atoms with Crippen LogP contribution in [0.4, 0.5) is 30.8 Å². The number of rotatable bonds is 8. The molecular formula is C23H28F3N7O2. The zero-order chi connectivity index (χ0) is 25.1. The van der Waals surface area contributed by atoms with Crippen molar-refractivity contribution < 1.29 is 23.1 Å². The van der Waals surface area contributed by atoms with E-state index in [1.54, 1.807) is 4.57 Å². The summed E-state index contributed by atoms with van der Waals surface area (Å²) in [5.74, 6) is -2.95. The first-order valence-corrected chi connectivity index (χ1v) is 11.6. The van der Waals surface area contributed by atoms with Gasteiger partial charge in [0, 0.05) is 36.7 Å². The van der Waals surface area contributed by atoms with Crippen LogP contribution >= 0.6 is 0 Å². The molecule has 3 aromatic rings. The number of carbonyl (C=O) groups excluding carboxylic acids is 1. The van der Waals surface area contributed by atoms with E-state index in [-0.39, 0.29) is 43.0 Å². The maximum absolute atomic E-state index is 14.4. The Labute approximate surface area is 200 Å². The molecule has 1 aromatic carbocycles. The number of nitrogens with one attached hydrogen (secondary N) is 3. The molecule has 4 rings (SSSR count). The zero-order valence-corrected chi connectivity index (χ0v) is 19.5. The lowest BCUT2D eigenvalue weighted by molar-refractivity contribution is -0.126. The van der Waals surface area contributed by atoms with Gasteiger partial charge in [0.25, 0.3) is 0 Å². The molecule has 188 valence electrons. The zero-order valence-electron chi connectivity index (χ0n) is 19.5. The number of aromatic nitrogens is 4. The van der Waals surface area contributed by atoms with E-state index in [0.717, 1.165) is 0 Å². The molecule has 2 aromatic heterocycles. The Balaban J connectivity index is 1.69. The fourth-order valence-corrected chi connectivity index (χ4v) is 4.35. The van der Waals surface area contributed by atoms with Crippen LogP contribution in [0, 0.1) is 23.4 Å². The van der Waals surface area contributed by atoms with E-state index in [1.165, 1.54) is 6.20 Å². The highest BCUT2D eigenvalue weighted by molar-refractivity contribution is 5.79. The lowest BCUT2D eigenvalue weighted by Crippen LogP contribution is -2.35. The Kier molecular flexibility index (Phi) is 7.39. The van der Waals surface area contributed by atoms with Gasteiger partial charge in [-0.15, -0.1) is 0 Å². The van der Waals surface area contributed by atoms with Crippen LogP contribution in [0.1, 0.15) is 45.6 Å². The van der Waals surface area contributed by atoms with Gasteiger partial charge in [-0.2, -0.15) is 4.98 Å². The predicted molar refractivity (Wildman–Crippen MR) is 125 cm³/mol. The molecule has 1 fully saturated rings. The first kappa shape index (κ1) is 24.7. The third-order valence-electron chi connectivity index (χ3n) is 5.94. The maximum Gasteiger partial charge on any atom is 0.224 e. The number of hydrogen-bond acceptors (Lipinski definition) is 7. The second-order valence-electron chi connectivity index (χ2n) is 8.90. The minimum atomic E-state index is -1.08. The Morgan fingerprint density at radius 1 is 1.14 bits per heavy atom. The number of benzene rings is 1. The molecule has 4 N–H and O–H groups in total. The SMILES string of the molecule is CC(C)Nc1ncc2nc(Nc3c(F)cc(F)cc3F)n(C3CCC(C(=O)NCCO)CC3)c2n1. The molecule has 0 atom stereocenters. The summed E-state index contributed by atoms with van der Waals surface area (Å²) < 4.78 is 44.0. The Hall–Kier alpha value is -3.41. The van der Waals surface area contributed by atoms with Crippen molar-refractivity contribution in [1.29, 1.82) is 0 Å². The van der Waals surface area contributed by atoms with Gasteiger partial charge in [-0.05, 0) is 39.5 Å². The number of amides is 1. The van der Waals surface area contributed by atoms with Gasteiger partial charge in [-0.3, -0.25) is 9.36 Å². The molecule has 1 amide bonds. The van der Waals surface area contributed by atoms with E-state index in [2.05, 4.69) is 30.9 Å². The summed E-state index contributed by atoms with van der Waals surface area (Å²) >= 11 is 0. The summed E-state index contributed by atoms with van der Waals surface area (Å²) in [7, 11) is 0. The lowest BCUT2D eigenvalue weighted by atomic mass is 9.85.